The van der Waals surface area contributed by atoms with Crippen molar-refractivity contribution in [3.8, 4) is 5.75 Å². The van der Waals surface area contributed by atoms with Crippen LogP contribution < -0.4 is 4.74 Å². The van der Waals surface area contributed by atoms with Crippen LogP contribution in [0, 0.1) is 0 Å². The van der Waals surface area contributed by atoms with Crippen LogP contribution >= 0.6 is 0 Å². The summed E-state index contributed by atoms with van der Waals surface area (Å²) in [5.74, 6) is 0.621. The summed E-state index contributed by atoms with van der Waals surface area (Å²) in [5, 5.41) is 20.0. The lowest BCUT2D eigenvalue weighted by molar-refractivity contribution is -0.0660. The minimum atomic E-state index is -1.15. The standard InChI is InChI=1S/C13H21NO3/c1-4-6-17-11-7-10(8-14-9-11)12(15)13(3,16)5-2/h7-9,12,15-16H,4-6H2,1-3H3. The molecule has 1 rings (SSSR count). The SMILES string of the molecule is CCCOc1cncc(C(O)C(C)(O)CC)c1. The van der Waals surface area contributed by atoms with Crippen molar-refractivity contribution < 1.29 is 14.9 Å². The summed E-state index contributed by atoms with van der Waals surface area (Å²) in [7, 11) is 0. The fraction of sp³-hybridized carbons (Fsp3) is 0.615. The maximum atomic E-state index is 10.1. The molecule has 1 heterocycles. The minimum absolute atomic E-state index is 0.466. The van der Waals surface area contributed by atoms with Crippen molar-refractivity contribution in [1.82, 2.24) is 4.98 Å². The summed E-state index contributed by atoms with van der Waals surface area (Å²) >= 11 is 0. The second-order valence-corrected chi connectivity index (χ2v) is 4.42. The van der Waals surface area contributed by atoms with Gasteiger partial charge in [-0.2, -0.15) is 0 Å². The Morgan fingerprint density at radius 2 is 2.12 bits per heavy atom. The van der Waals surface area contributed by atoms with Gasteiger partial charge in [0, 0.05) is 11.8 Å². The van der Waals surface area contributed by atoms with Crippen LogP contribution in [0.2, 0.25) is 0 Å². The van der Waals surface area contributed by atoms with Gasteiger partial charge >= 0.3 is 0 Å². The average molecular weight is 239 g/mol. The van der Waals surface area contributed by atoms with E-state index in [1.807, 2.05) is 13.8 Å². The van der Waals surface area contributed by atoms with E-state index in [0.29, 0.717) is 24.3 Å². The highest BCUT2D eigenvalue weighted by atomic mass is 16.5. The molecule has 0 radical (unpaired) electrons. The molecule has 0 saturated heterocycles. The zero-order valence-electron chi connectivity index (χ0n) is 10.7. The maximum Gasteiger partial charge on any atom is 0.137 e. The first-order chi connectivity index (χ1) is 8.01. The number of rotatable bonds is 6. The van der Waals surface area contributed by atoms with Crippen molar-refractivity contribution in [2.24, 2.45) is 0 Å². The molecule has 1 aromatic heterocycles. The van der Waals surface area contributed by atoms with Crippen LogP contribution in [0.15, 0.2) is 18.5 Å². The van der Waals surface area contributed by atoms with E-state index < -0.39 is 11.7 Å². The number of aliphatic hydroxyl groups excluding tert-OH is 1. The second-order valence-electron chi connectivity index (χ2n) is 4.42. The molecule has 0 aliphatic heterocycles. The highest BCUT2D eigenvalue weighted by Crippen LogP contribution is 2.29. The summed E-state index contributed by atoms with van der Waals surface area (Å²) in [6.07, 6.45) is 3.58. The number of nitrogens with zero attached hydrogens (tertiary/aromatic N) is 1. The maximum absolute atomic E-state index is 10.1. The van der Waals surface area contributed by atoms with Gasteiger partial charge in [-0.15, -0.1) is 0 Å². The van der Waals surface area contributed by atoms with Crippen LogP contribution in [0.3, 0.4) is 0 Å². The molecule has 0 bridgehead atoms. The van der Waals surface area contributed by atoms with Gasteiger partial charge < -0.3 is 14.9 Å². The molecule has 2 unspecified atom stereocenters. The van der Waals surface area contributed by atoms with E-state index >= 15 is 0 Å². The minimum Gasteiger partial charge on any atom is -0.492 e. The van der Waals surface area contributed by atoms with E-state index in [1.54, 1.807) is 25.4 Å². The third kappa shape index (κ3) is 3.68. The van der Waals surface area contributed by atoms with E-state index in [9.17, 15) is 10.2 Å². The van der Waals surface area contributed by atoms with Gasteiger partial charge in [0.05, 0.1) is 18.4 Å². The molecule has 17 heavy (non-hydrogen) atoms. The summed E-state index contributed by atoms with van der Waals surface area (Å²) in [6, 6.07) is 1.72. The lowest BCUT2D eigenvalue weighted by Crippen LogP contribution is -2.31. The zero-order valence-corrected chi connectivity index (χ0v) is 10.7. The van der Waals surface area contributed by atoms with Crippen LogP contribution in [-0.2, 0) is 0 Å². The molecule has 0 amide bonds. The van der Waals surface area contributed by atoms with E-state index in [4.69, 9.17) is 4.74 Å². The van der Waals surface area contributed by atoms with E-state index in [2.05, 4.69) is 4.98 Å². The molecule has 0 saturated carbocycles. The molecule has 0 aliphatic carbocycles. The molecule has 0 fully saturated rings. The topological polar surface area (TPSA) is 62.6 Å². The summed E-state index contributed by atoms with van der Waals surface area (Å²) in [6.45, 7) is 6.07. The highest BCUT2D eigenvalue weighted by molar-refractivity contribution is 5.26. The number of aliphatic hydroxyl groups is 2. The van der Waals surface area contributed by atoms with Crippen LogP contribution in [-0.4, -0.2) is 27.4 Å². The second kappa shape index (κ2) is 5.98. The molecule has 4 nitrogen and oxygen atoms in total. The Morgan fingerprint density at radius 1 is 1.41 bits per heavy atom. The first-order valence-electron chi connectivity index (χ1n) is 5.99. The van der Waals surface area contributed by atoms with Gasteiger partial charge in [0.2, 0.25) is 0 Å². The van der Waals surface area contributed by atoms with Gasteiger partial charge in [0.25, 0.3) is 0 Å². The van der Waals surface area contributed by atoms with Crippen LogP contribution in [0.5, 0.6) is 5.75 Å². The Bertz CT molecular complexity index is 352. The van der Waals surface area contributed by atoms with E-state index in [0.717, 1.165) is 6.42 Å². The summed E-state index contributed by atoms with van der Waals surface area (Å²) < 4.78 is 5.44. The van der Waals surface area contributed by atoms with Gasteiger partial charge in [-0.05, 0) is 25.8 Å². The molecule has 96 valence electrons. The molecule has 0 aliphatic rings. The molecule has 2 N–H and O–H groups in total. The fourth-order valence-corrected chi connectivity index (χ4v) is 1.44. The number of hydrogen-bond acceptors (Lipinski definition) is 4. The number of ether oxygens (including phenoxy) is 1. The normalized spacial score (nSPS) is 16.3. The quantitative estimate of drug-likeness (QED) is 0.797. The Balaban J connectivity index is 2.84. The van der Waals surface area contributed by atoms with Crippen molar-refractivity contribution in [3.63, 3.8) is 0 Å². The lowest BCUT2D eigenvalue weighted by atomic mass is 9.91. The van der Waals surface area contributed by atoms with Crippen molar-refractivity contribution in [2.75, 3.05) is 6.61 Å². The molecule has 0 aromatic carbocycles. The zero-order chi connectivity index (χ0) is 12.9. The highest BCUT2D eigenvalue weighted by Gasteiger charge is 2.29. The first-order valence-corrected chi connectivity index (χ1v) is 5.99. The Hall–Kier alpha value is -1.13. The van der Waals surface area contributed by atoms with Crippen molar-refractivity contribution in [3.05, 3.63) is 24.0 Å². The van der Waals surface area contributed by atoms with Gasteiger partial charge in [-0.3, -0.25) is 4.98 Å². The van der Waals surface area contributed by atoms with Gasteiger partial charge in [-0.1, -0.05) is 13.8 Å². The number of pyridine rings is 1. The van der Waals surface area contributed by atoms with Crippen molar-refractivity contribution >= 4 is 0 Å². The first kappa shape index (κ1) is 13.9. The van der Waals surface area contributed by atoms with E-state index in [-0.39, 0.29) is 0 Å². The monoisotopic (exact) mass is 239 g/mol. The van der Waals surface area contributed by atoms with Crippen LogP contribution in [0.4, 0.5) is 0 Å². The average Bonchev–Trinajstić information content (AvgIpc) is 2.35. The largest absolute Gasteiger partial charge is 0.492 e. The Morgan fingerprint density at radius 3 is 2.71 bits per heavy atom. The van der Waals surface area contributed by atoms with Crippen molar-refractivity contribution in [2.45, 2.75) is 45.3 Å². The predicted octanol–water partition coefficient (Wildman–Crippen LogP) is 2.06. The van der Waals surface area contributed by atoms with Gasteiger partial charge in [0.1, 0.15) is 11.9 Å². The summed E-state index contributed by atoms with van der Waals surface area (Å²) in [5.41, 5.74) is -0.573. The molecule has 4 heteroatoms. The number of hydrogen-bond donors (Lipinski definition) is 2. The molecule has 2 atom stereocenters. The number of aromatic nitrogens is 1. The van der Waals surface area contributed by atoms with Crippen LogP contribution in [0.25, 0.3) is 0 Å². The third-order valence-corrected chi connectivity index (χ3v) is 2.83. The Kier molecular flexibility index (Phi) is 4.90. The van der Waals surface area contributed by atoms with E-state index in [1.165, 1.54) is 0 Å². The third-order valence-electron chi connectivity index (χ3n) is 2.83. The smallest absolute Gasteiger partial charge is 0.137 e. The molecule has 0 spiro atoms. The molecular formula is C13H21NO3. The fourth-order valence-electron chi connectivity index (χ4n) is 1.44. The predicted molar refractivity (Wildman–Crippen MR) is 65.9 cm³/mol. The van der Waals surface area contributed by atoms with Gasteiger partial charge in [-0.25, -0.2) is 0 Å². The van der Waals surface area contributed by atoms with Crippen LogP contribution in [0.1, 0.15) is 45.3 Å². The molecule has 1 aromatic rings. The molecular weight excluding hydrogens is 218 g/mol. The van der Waals surface area contributed by atoms with Gasteiger partial charge in [0.15, 0.2) is 0 Å². The van der Waals surface area contributed by atoms with Crippen molar-refractivity contribution in [1.29, 1.82) is 0 Å². The Labute approximate surface area is 102 Å². The lowest BCUT2D eigenvalue weighted by Gasteiger charge is -2.27. The summed E-state index contributed by atoms with van der Waals surface area (Å²) in [4.78, 5) is 4.01.